The molecule has 0 aliphatic carbocycles. The fraction of sp³-hybridized carbons (Fsp3) is 0.320. The number of rotatable bonds is 4. The Balaban J connectivity index is 1.91. The molecule has 1 fully saturated rings. The lowest BCUT2D eigenvalue weighted by atomic mass is 9.99. The fourth-order valence-corrected chi connectivity index (χ4v) is 4.21. The van der Waals surface area contributed by atoms with Gasteiger partial charge in [-0.15, -0.1) is 0 Å². The second-order valence-corrected chi connectivity index (χ2v) is 8.23. The first-order valence-electron chi connectivity index (χ1n) is 10.3. The average molecular weight is 407 g/mol. The second-order valence-electron chi connectivity index (χ2n) is 8.23. The molecule has 0 radical (unpaired) electrons. The SMILES string of the molecule is Cc1ccc2c(c1)c(-c1ccc(F)cc1)c(C=C[C@@H]1C[C@@H](O)CC(=O)O1)n2C(C)C. The van der Waals surface area contributed by atoms with Crippen molar-refractivity contribution in [2.75, 3.05) is 0 Å². The fourth-order valence-electron chi connectivity index (χ4n) is 4.21. The van der Waals surface area contributed by atoms with E-state index in [1.807, 2.05) is 12.2 Å². The maximum Gasteiger partial charge on any atom is 0.309 e. The van der Waals surface area contributed by atoms with E-state index in [9.17, 15) is 14.3 Å². The zero-order valence-corrected chi connectivity index (χ0v) is 17.4. The summed E-state index contributed by atoms with van der Waals surface area (Å²) in [6.45, 7) is 6.30. The standard InChI is InChI=1S/C25H26FNO3/c1-15(2)27-22-10-4-16(3)12-21(22)25(17-5-7-18(26)8-6-17)23(27)11-9-20-13-19(28)14-24(29)30-20/h4-12,15,19-20,28H,13-14H2,1-3H3/t19-,20-/m1/s1. The highest BCUT2D eigenvalue weighted by Crippen LogP contribution is 2.38. The summed E-state index contributed by atoms with van der Waals surface area (Å²) in [6, 6.07) is 13.0. The van der Waals surface area contributed by atoms with Crippen molar-refractivity contribution in [3.63, 3.8) is 0 Å². The molecule has 0 bridgehead atoms. The summed E-state index contributed by atoms with van der Waals surface area (Å²) >= 11 is 0. The van der Waals surface area contributed by atoms with Crippen LogP contribution in [0.1, 0.15) is 44.0 Å². The molecule has 2 aromatic carbocycles. The molecule has 4 nitrogen and oxygen atoms in total. The Bertz CT molecular complexity index is 1110. The highest BCUT2D eigenvalue weighted by molar-refractivity contribution is 6.01. The van der Waals surface area contributed by atoms with Crippen LogP contribution in [0, 0.1) is 12.7 Å². The minimum absolute atomic E-state index is 0.0384. The van der Waals surface area contributed by atoms with Gasteiger partial charge in [-0.3, -0.25) is 4.79 Å². The minimum Gasteiger partial charge on any atom is -0.458 e. The number of aryl methyl sites for hydroxylation is 1. The quantitative estimate of drug-likeness (QED) is 0.588. The van der Waals surface area contributed by atoms with Crippen molar-refractivity contribution in [2.45, 2.75) is 51.9 Å². The Labute approximate surface area is 175 Å². The van der Waals surface area contributed by atoms with E-state index in [-0.39, 0.29) is 24.2 Å². The molecule has 4 rings (SSSR count). The minimum atomic E-state index is -0.684. The summed E-state index contributed by atoms with van der Waals surface area (Å²) < 4.78 is 21.2. The number of benzene rings is 2. The molecule has 0 amide bonds. The van der Waals surface area contributed by atoms with Gasteiger partial charge in [0.15, 0.2) is 0 Å². The van der Waals surface area contributed by atoms with Gasteiger partial charge < -0.3 is 14.4 Å². The van der Waals surface area contributed by atoms with E-state index in [1.54, 1.807) is 12.1 Å². The molecule has 5 heteroatoms. The second kappa shape index (κ2) is 8.07. The summed E-state index contributed by atoms with van der Waals surface area (Å²) in [4.78, 5) is 11.7. The van der Waals surface area contributed by atoms with Crippen LogP contribution in [0.3, 0.4) is 0 Å². The third kappa shape index (κ3) is 3.90. The summed E-state index contributed by atoms with van der Waals surface area (Å²) in [5.41, 5.74) is 5.14. The maximum absolute atomic E-state index is 13.6. The van der Waals surface area contributed by atoms with Gasteiger partial charge in [-0.05, 0) is 62.8 Å². The van der Waals surface area contributed by atoms with Gasteiger partial charge in [0.1, 0.15) is 11.9 Å². The number of fused-ring (bicyclic) bond motifs is 1. The van der Waals surface area contributed by atoms with Gasteiger partial charge in [0.25, 0.3) is 0 Å². The zero-order chi connectivity index (χ0) is 21.4. The van der Waals surface area contributed by atoms with Gasteiger partial charge in [-0.2, -0.15) is 0 Å². The lowest BCUT2D eigenvalue weighted by molar-refractivity contribution is -0.156. The summed E-state index contributed by atoms with van der Waals surface area (Å²) in [5, 5.41) is 11.0. The topological polar surface area (TPSA) is 51.5 Å². The van der Waals surface area contributed by atoms with Gasteiger partial charge in [0.05, 0.1) is 12.5 Å². The largest absolute Gasteiger partial charge is 0.458 e. The Hall–Kier alpha value is -2.92. The predicted molar refractivity (Wildman–Crippen MR) is 117 cm³/mol. The van der Waals surface area contributed by atoms with Crippen molar-refractivity contribution in [3.8, 4) is 11.1 Å². The number of cyclic esters (lactones) is 1. The van der Waals surface area contributed by atoms with E-state index in [1.165, 1.54) is 12.1 Å². The third-order valence-electron chi connectivity index (χ3n) is 5.50. The number of nitrogens with zero attached hydrogens (tertiary/aromatic N) is 1. The van der Waals surface area contributed by atoms with Crippen molar-refractivity contribution in [3.05, 3.63) is 65.6 Å². The Morgan fingerprint density at radius 2 is 1.93 bits per heavy atom. The molecule has 0 spiro atoms. The predicted octanol–water partition coefficient (Wildman–Crippen LogP) is 5.42. The number of ether oxygens (including phenoxy) is 1. The van der Waals surface area contributed by atoms with Crippen LogP contribution in [0.25, 0.3) is 28.1 Å². The normalized spacial score (nSPS) is 19.7. The number of hydrogen-bond acceptors (Lipinski definition) is 3. The Kier molecular flexibility index (Phi) is 5.48. The van der Waals surface area contributed by atoms with Gasteiger partial charge in [0.2, 0.25) is 0 Å². The highest BCUT2D eigenvalue weighted by Gasteiger charge is 2.26. The van der Waals surface area contributed by atoms with Crippen LogP contribution in [0.15, 0.2) is 48.5 Å². The van der Waals surface area contributed by atoms with Crippen LogP contribution in [0.5, 0.6) is 0 Å². The van der Waals surface area contributed by atoms with Crippen LogP contribution >= 0.6 is 0 Å². The number of aliphatic hydroxyl groups excluding tert-OH is 1. The highest BCUT2D eigenvalue weighted by atomic mass is 19.1. The lowest BCUT2D eigenvalue weighted by Gasteiger charge is -2.23. The van der Waals surface area contributed by atoms with Gasteiger partial charge >= 0.3 is 5.97 Å². The molecular weight excluding hydrogens is 381 g/mol. The van der Waals surface area contributed by atoms with Crippen molar-refractivity contribution in [1.29, 1.82) is 0 Å². The Morgan fingerprint density at radius 3 is 2.60 bits per heavy atom. The first-order valence-corrected chi connectivity index (χ1v) is 10.3. The van der Waals surface area contributed by atoms with E-state index in [4.69, 9.17) is 4.74 Å². The van der Waals surface area contributed by atoms with E-state index in [2.05, 4.69) is 43.5 Å². The molecule has 1 aromatic heterocycles. The van der Waals surface area contributed by atoms with Crippen molar-refractivity contribution in [1.82, 2.24) is 4.57 Å². The van der Waals surface area contributed by atoms with E-state index in [0.717, 1.165) is 33.3 Å². The molecule has 3 aromatic rings. The Morgan fingerprint density at radius 1 is 1.20 bits per heavy atom. The van der Waals surface area contributed by atoms with E-state index < -0.39 is 12.2 Å². The maximum atomic E-state index is 13.6. The van der Waals surface area contributed by atoms with Crippen LogP contribution in [0.4, 0.5) is 4.39 Å². The van der Waals surface area contributed by atoms with Crippen molar-refractivity contribution >= 4 is 22.9 Å². The molecule has 1 aliphatic heterocycles. The molecule has 2 heterocycles. The van der Waals surface area contributed by atoms with Crippen LogP contribution in [-0.2, 0) is 9.53 Å². The number of esters is 1. The van der Waals surface area contributed by atoms with Crippen molar-refractivity contribution in [2.24, 2.45) is 0 Å². The summed E-state index contributed by atoms with van der Waals surface area (Å²) in [6.07, 6.45) is 3.07. The lowest BCUT2D eigenvalue weighted by Crippen LogP contribution is -2.31. The number of aliphatic hydroxyl groups is 1. The molecule has 156 valence electrons. The number of hydrogen-bond donors (Lipinski definition) is 1. The van der Waals surface area contributed by atoms with Gasteiger partial charge in [-0.1, -0.05) is 23.8 Å². The number of aromatic nitrogens is 1. The van der Waals surface area contributed by atoms with Crippen LogP contribution in [-0.4, -0.2) is 27.9 Å². The van der Waals surface area contributed by atoms with Crippen LogP contribution in [0.2, 0.25) is 0 Å². The van der Waals surface area contributed by atoms with Crippen LogP contribution < -0.4 is 0 Å². The molecular formula is C25H26FNO3. The molecule has 30 heavy (non-hydrogen) atoms. The van der Waals surface area contributed by atoms with E-state index in [0.29, 0.717) is 6.42 Å². The first-order chi connectivity index (χ1) is 14.3. The molecule has 0 unspecified atom stereocenters. The number of halogens is 1. The molecule has 1 aliphatic rings. The van der Waals surface area contributed by atoms with Gasteiger partial charge in [0, 0.05) is 34.6 Å². The first kappa shape index (κ1) is 20.4. The zero-order valence-electron chi connectivity index (χ0n) is 17.4. The van der Waals surface area contributed by atoms with E-state index >= 15 is 0 Å². The average Bonchev–Trinajstić information content (AvgIpc) is 3.00. The summed E-state index contributed by atoms with van der Waals surface area (Å²) in [7, 11) is 0. The number of carbonyl (C=O) groups is 1. The molecule has 2 atom stereocenters. The smallest absolute Gasteiger partial charge is 0.309 e. The molecule has 0 saturated carbocycles. The van der Waals surface area contributed by atoms with Gasteiger partial charge in [-0.25, -0.2) is 4.39 Å². The third-order valence-corrected chi connectivity index (χ3v) is 5.50. The van der Waals surface area contributed by atoms with Crippen molar-refractivity contribution < 1.29 is 19.0 Å². The number of carbonyl (C=O) groups excluding carboxylic acids is 1. The molecule has 1 saturated heterocycles. The molecule has 1 N–H and O–H groups in total. The monoisotopic (exact) mass is 407 g/mol. The summed E-state index contributed by atoms with van der Waals surface area (Å²) in [5.74, 6) is -0.662.